The van der Waals surface area contributed by atoms with Crippen LogP contribution in [0.5, 0.6) is 0 Å². The molecule has 1 fully saturated rings. The number of carbonyl (C=O) groups is 2. The Hall–Kier alpha value is -1.43. The fourth-order valence-electron chi connectivity index (χ4n) is 2.41. The highest BCUT2D eigenvalue weighted by molar-refractivity contribution is 7.09. The molecule has 2 amide bonds. The molecule has 1 aromatic heterocycles. The molecule has 1 aromatic rings. The van der Waals surface area contributed by atoms with Gasteiger partial charge >= 0.3 is 0 Å². The van der Waals surface area contributed by atoms with Crippen molar-refractivity contribution in [2.75, 3.05) is 0 Å². The highest BCUT2D eigenvalue weighted by atomic mass is 32.1. The number of aryl methyl sites for hydroxylation is 1. The number of rotatable bonds is 3. The molecule has 2 atom stereocenters. The summed E-state index contributed by atoms with van der Waals surface area (Å²) >= 11 is 1.58. The Morgan fingerprint density at radius 2 is 2.20 bits per heavy atom. The van der Waals surface area contributed by atoms with E-state index in [2.05, 4.69) is 10.3 Å². The van der Waals surface area contributed by atoms with Crippen molar-refractivity contribution in [1.82, 2.24) is 15.2 Å². The monoisotopic (exact) mass is 295 g/mol. The number of aromatic nitrogens is 1. The number of amides is 2. The average Bonchev–Trinajstić information content (AvgIpc) is 2.73. The van der Waals surface area contributed by atoms with Crippen LogP contribution in [0.15, 0.2) is 5.38 Å². The quantitative estimate of drug-likeness (QED) is 0.923. The molecule has 1 aliphatic heterocycles. The molecule has 0 saturated carbocycles. The molecule has 0 spiro atoms. The minimum atomic E-state index is -0.438. The Morgan fingerprint density at radius 1 is 1.50 bits per heavy atom. The van der Waals surface area contributed by atoms with Crippen LogP contribution >= 0.6 is 11.3 Å². The minimum absolute atomic E-state index is 0.0102. The van der Waals surface area contributed by atoms with Gasteiger partial charge in [-0.2, -0.15) is 0 Å². The van der Waals surface area contributed by atoms with Crippen LogP contribution in [0.1, 0.15) is 37.9 Å². The van der Waals surface area contributed by atoms with E-state index in [-0.39, 0.29) is 23.8 Å². The SMILES string of the molecule is Cc1nc(CN2C(=O)C(C(C)C)NC(=O)CC2C)cs1. The van der Waals surface area contributed by atoms with Crippen LogP contribution in [0.4, 0.5) is 0 Å². The molecule has 1 saturated heterocycles. The van der Waals surface area contributed by atoms with Crippen LogP contribution in [0, 0.1) is 12.8 Å². The third-order valence-corrected chi connectivity index (χ3v) is 4.37. The molecule has 0 radical (unpaired) electrons. The third kappa shape index (κ3) is 3.17. The lowest BCUT2D eigenvalue weighted by Gasteiger charge is -2.29. The second-order valence-electron chi connectivity index (χ2n) is 5.67. The Bertz CT molecular complexity index is 512. The van der Waals surface area contributed by atoms with Crippen LogP contribution in [0.3, 0.4) is 0 Å². The Labute approximate surface area is 123 Å². The minimum Gasteiger partial charge on any atom is -0.344 e. The summed E-state index contributed by atoms with van der Waals surface area (Å²) in [5.74, 6) is 0.0157. The summed E-state index contributed by atoms with van der Waals surface area (Å²) in [5.41, 5.74) is 0.893. The zero-order valence-corrected chi connectivity index (χ0v) is 13.2. The maximum Gasteiger partial charge on any atom is 0.246 e. The summed E-state index contributed by atoms with van der Waals surface area (Å²) < 4.78 is 0. The summed E-state index contributed by atoms with van der Waals surface area (Å²) in [6.45, 7) is 8.24. The van der Waals surface area contributed by atoms with E-state index in [1.807, 2.05) is 33.1 Å². The van der Waals surface area contributed by atoms with Gasteiger partial charge in [0.05, 0.1) is 17.2 Å². The summed E-state index contributed by atoms with van der Waals surface area (Å²) in [5, 5.41) is 5.79. The van der Waals surface area contributed by atoms with Crippen LogP contribution in [0.25, 0.3) is 0 Å². The third-order valence-electron chi connectivity index (χ3n) is 3.54. The first-order valence-corrected chi connectivity index (χ1v) is 7.77. The summed E-state index contributed by atoms with van der Waals surface area (Å²) in [6.07, 6.45) is 0.345. The van der Waals surface area contributed by atoms with Crippen molar-refractivity contribution in [3.05, 3.63) is 16.1 Å². The molecule has 1 N–H and O–H groups in total. The molecule has 0 aliphatic carbocycles. The van der Waals surface area contributed by atoms with E-state index < -0.39 is 6.04 Å². The highest BCUT2D eigenvalue weighted by Gasteiger charge is 2.35. The standard InChI is InChI=1S/C14H21N3O2S/c1-8(2)13-14(19)17(9(3)5-12(18)16-13)6-11-7-20-10(4)15-11/h7-9,13H,5-6H2,1-4H3,(H,16,18). The lowest BCUT2D eigenvalue weighted by molar-refractivity contribution is -0.136. The number of hydrogen-bond donors (Lipinski definition) is 1. The second kappa shape index (κ2) is 5.91. The maximum atomic E-state index is 12.6. The Morgan fingerprint density at radius 3 is 2.75 bits per heavy atom. The van der Waals surface area contributed by atoms with Crippen molar-refractivity contribution in [1.29, 1.82) is 0 Å². The molecule has 0 bridgehead atoms. The smallest absolute Gasteiger partial charge is 0.246 e. The average molecular weight is 295 g/mol. The maximum absolute atomic E-state index is 12.6. The first-order valence-electron chi connectivity index (χ1n) is 6.89. The van der Waals surface area contributed by atoms with Crippen molar-refractivity contribution < 1.29 is 9.59 Å². The number of nitrogens with zero attached hydrogens (tertiary/aromatic N) is 2. The van der Waals surface area contributed by atoms with Gasteiger partial charge in [-0.05, 0) is 19.8 Å². The van der Waals surface area contributed by atoms with E-state index in [1.165, 1.54) is 0 Å². The van der Waals surface area contributed by atoms with Gasteiger partial charge in [0.2, 0.25) is 11.8 Å². The molecule has 0 aromatic carbocycles. The number of hydrogen-bond acceptors (Lipinski definition) is 4. The number of thiazole rings is 1. The lowest BCUT2D eigenvalue weighted by Crippen LogP contribution is -2.48. The molecule has 2 heterocycles. The number of carbonyl (C=O) groups excluding carboxylic acids is 2. The van der Waals surface area contributed by atoms with Crippen LogP contribution in [-0.2, 0) is 16.1 Å². The van der Waals surface area contributed by atoms with E-state index in [4.69, 9.17) is 0 Å². The van der Waals surface area contributed by atoms with Crippen molar-refractivity contribution in [2.24, 2.45) is 5.92 Å². The summed E-state index contributed by atoms with van der Waals surface area (Å²) in [7, 11) is 0. The van der Waals surface area contributed by atoms with Gasteiger partial charge in [0.15, 0.2) is 0 Å². The Kier molecular flexibility index (Phi) is 4.42. The molecule has 2 rings (SSSR count). The van der Waals surface area contributed by atoms with E-state index in [0.717, 1.165) is 10.7 Å². The second-order valence-corrected chi connectivity index (χ2v) is 6.73. The first kappa shape index (κ1) is 15.0. The zero-order chi connectivity index (χ0) is 14.9. The van der Waals surface area contributed by atoms with Crippen LogP contribution in [-0.4, -0.2) is 33.8 Å². The van der Waals surface area contributed by atoms with Gasteiger partial charge < -0.3 is 10.2 Å². The predicted molar refractivity (Wildman–Crippen MR) is 78.2 cm³/mol. The van der Waals surface area contributed by atoms with Crippen LogP contribution in [0.2, 0.25) is 0 Å². The van der Waals surface area contributed by atoms with Gasteiger partial charge in [-0.3, -0.25) is 9.59 Å². The molecule has 6 heteroatoms. The van der Waals surface area contributed by atoms with Gasteiger partial charge in [0, 0.05) is 17.8 Å². The summed E-state index contributed by atoms with van der Waals surface area (Å²) in [4.78, 5) is 30.7. The van der Waals surface area contributed by atoms with Crippen LogP contribution < -0.4 is 5.32 Å². The van der Waals surface area contributed by atoms with Gasteiger partial charge in [-0.15, -0.1) is 11.3 Å². The van der Waals surface area contributed by atoms with Gasteiger partial charge in [0.25, 0.3) is 0 Å². The molecule has 2 unspecified atom stereocenters. The van der Waals surface area contributed by atoms with E-state index in [1.54, 1.807) is 16.2 Å². The molecule has 5 nitrogen and oxygen atoms in total. The van der Waals surface area contributed by atoms with E-state index in [9.17, 15) is 9.59 Å². The zero-order valence-electron chi connectivity index (χ0n) is 12.3. The Balaban J connectivity index is 2.23. The van der Waals surface area contributed by atoms with E-state index >= 15 is 0 Å². The van der Waals surface area contributed by atoms with Crippen molar-refractivity contribution in [3.8, 4) is 0 Å². The molecular weight excluding hydrogens is 274 g/mol. The van der Waals surface area contributed by atoms with Gasteiger partial charge in [-0.25, -0.2) is 4.98 Å². The van der Waals surface area contributed by atoms with Crippen molar-refractivity contribution >= 4 is 23.2 Å². The molecule has 110 valence electrons. The fourth-order valence-corrected chi connectivity index (χ4v) is 3.01. The molecular formula is C14H21N3O2S. The predicted octanol–water partition coefficient (Wildman–Crippen LogP) is 1.71. The largest absolute Gasteiger partial charge is 0.344 e. The van der Waals surface area contributed by atoms with Gasteiger partial charge in [0.1, 0.15) is 6.04 Å². The lowest BCUT2D eigenvalue weighted by atomic mass is 10.0. The van der Waals surface area contributed by atoms with Gasteiger partial charge in [-0.1, -0.05) is 13.8 Å². The number of nitrogens with one attached hydrogen (secondary N) is 1. The molecule has 1 aliphatic rings. The normalized spacial score (nSPS) is 23.9. The molecule has 20 heavy (non-hydrogen) atoms. The first-order chi connectivity index (χ1) is 9.38. The van der Waals surface area contributed by atoms with E-state index in [0.29, 0.717) is 13.0 Å². The van der Waals surface area contributed by atoms with Crippen molar-refractivity contribution in [2.45, 2.75) is 52.7 Å². The fraction of sp³-hybridized carbons (Fsp3) is 0.643. The topological polar surface area (TPSA) is 62.3 Å². The van der Waals surface area contributed by atoms with Crippen molar-refractivity contribution in [3.63, 3.8) is 0 Å². The highest BCUT2D eigenvalue weighted by Crippen LogP contribution is 2.19. The summed E-state index contributed by atoms with van der Waals surface area (Å²) in [6, 6.07) is -0.541.